The van der Waals surface area contributed by atoms with E-state index >= 15 is 0 Å². The third-order valence-electron chi connectivity index (χ3n) is 4.36. The number of nitrogens with one attached hydrogen (secondary N) is 1. The van der Waals surface area contributed by atoms with Crippen LogP contribution in [0, 0.1) is 11.3 Å². The molecule has 110 valence electrons. The van der Waals surface area contributed by atoms with E-state index in [0.717, 1.165) is 32.1 Å². The maximum atomic E-state index is 12.0. The molecule has 1 amide bonds. The first-order valence-corrected chi connectivity index (χ1v) is 7.50. The summed E-state index contributed by atoms with van der Waals surface area (Å²) in [5.74, 6) is -0.462. The molecule has 1 fully saturated rings. The van der Waals surface area contributed by atoms with Crippen LogP contribution in [0.5, 0.6) is 0 Å². The summed E-state index contributed by atoms with van der Waals surface area (Å²) >= 11 is 0. The van der Waals surface area contributed by atoms with Gasteiger partial charge in [-0.3, -0.25) is 9.59 Å². The van der Waals surface area contributed by atoms with Crippen molar-refractivity contribution in [3.63, 3.8) is 0 Å². The summed E-state index contributed by atoms with van der Waals surface area (Å²) < 4.78 is 0. The fraction of sp³-hybridized carbons (Fsp3) is 0.867. The number of hydrogen-bond acceptors (Lipinski definition) is 2. The average Bonchev–Trinajstić information content (AvgIpc) is 2.62. The van der Waals surface area contributed by atoms with Crippen molar-refractivity contribution in [3.05, 3.63) is 0 Å². The Morgan fingerprint density at radius 2 is 1.79 bits per heavy atom. The van der Waals surface area contributed by atoms with E-state index in [-0.39, 0.29) is 12.3 Å². The van der Waals surface area contributed by atoms with Crippen LogP contribution in [0.2, 0.25) is 0 Å². The molecular weight excluding hydrogens is 242 g/mol. The lowest BCUT2D eigenvalue weighted by atomic mass is 9.77. The Morgan fingerprint density at radius 3 is 2.26 bits per heavy atom. The highest BCUT2D eigenvalue weighted by molar-refractivity contribution is 5.85. The van der Waals surface area contributed by atoms with Gasteiger partial charge in [0.25, 0.3) is 0 Å². The molecule has 1 unspecified atom stereocenters. The number of carbonyl (C=O) groups excluding carboxylic acids is 1. The van der Waals surface area contributed by atoms with Gasteiger partial charge >= 0.3 is 5.97 Å². The number of hydrogen-bond donors (Lipinski definition) is 2. The lowest BCUT2D eigenvalue weighted by molar-refractivity contribution is -0.152. The number of carboxylic acids is 1. The summed E-state index contributed by atoms with van der Waals surface area (Å²) in [4.78, 5) is 23.6. The van der Waals surface area contributed by atoms with Crippen LogP contribution in [0.3, 0.4) is 0 Å². The predicted octanol–water partition coefficient (Wildman–Crippen LogP) is 2.96. The normalized spacial score (nSPS) is 20.3. The van der Waals surface area contributed by atoms with Crippen molar-refractivity contribution in [1.29, 1.82) is 0 Å². The van der Waals surface area contributed by atoms with Gasteiger partial charge in [-0.05, 0) is 18.8 Å². The Hall–Kier alpha value is -1.06. The number of carboxylic acid groups (broad SMARTS) is 1. The minimum Gasteiger partial charge on any atom is -0.481 e. The standard InChI is InChI=1S/C15H27NO3/c1-3-12(2)11-16-13(17)10-15(14(18)19)8-6-4-5-7-9-15/h12H,3-11H2,1-2H3,(H,16,17)(H,18,19). The zero-order valence-corrected chi connectivity index (χ0v) is 12.2. The summed E-state index contributed by atoms with van der Waals surface area (Å²) in [5, 5.41) is 12.4. The zero-order chi connectivity index (χ0) is 14.3. The highest BCUT2D eigenvalue weighted by Crippen LogP contribution is 2.38. The first-order valence-electron chi connectivity index (χ1n) is 7.50. The maximum absolute atomic E-state index is 12.0. The molecule has 1 atom stereocenters. The number of rotatable bonds is 6. The van der Waals surface area contributed by atoms with Crippen molar-refractivity contribution in [1.82, 2.24) is 5.32 Å². The fourth-order valence-electron chi connectivity index (χ4n) is 2.67. The Bertz CT molecular complexity index is 307. The Kier molecular flexibility index (Phi) is 6.32. The minimum absolute atomic E-state index is 0.107. The zero-order valence-electron chi connectivity index (χ0n) is 12.2. The van der Waals surface area contributed by atoms with E-state index < -0.39 is 11.4 Å². The van der Waals surface area contributed by atoms with E-state index in [9.17, 15) is 14.7 Å². The van der Waals surface area contributed by atoms with Crippen LogP contribution >= 0.6 is 0 Å². The molecule has 19 heavy (non-hydrogen) atoms. The molecule has 1 saturated carbocycles. The summed E-state index contributed by atoms with van der Waals surface area (Å²) in [5.41, 5.74) is -0.823. The van der Waals surface area contributed by atoms with Crippen LogP contribution in [0.1, 0.15) is 65.2 Å². The molecule has 4 nitrogen and oxygen atoms in total. The van der Waals surface area contributed by atoms with E-state index in [4.69, 9.17) is 0 Å². The molecular formula is C15H27NO3. The second kappa shape index (κ2) is 7.51. The molecule has 0 radical (unpaired) electrons. The van der Waals surface area contributed by atoms with Gasteiger partial charge in [0.15, 0.2) is 0 Å². The monoisotopic (exact) mass is 269 g/mol. The van der Waals surface area contributed by atoms with Gasteiger partial charge in [-0.25, -0.2) is 0 Å². The van der Waals surface area contributed by atoms with Crippen molar-refractivity contribution in [2.45, 2.75) is 65.2 Å². The van der Waals surface area contributed by atoms with E-state index in [0.29, 0.717) is 25.3 Å². The Balaban J connectivity index is 2.57. The Morgan fingerprint density at radius 1 is 1.21 bits per heavy atom. The minimum atomic E-state index is -0.823. The second-order valence-electron chi connectivity index (χ2n) is 5.99. The van der Waals surface area contributed by atoms with Crippen LogP contribution in [0.4, 0.5) is 0 Å². The van der Waals surface area contributed by atoms with Gasteiger partial charge in [0.1, 0.15) is 0 Å². The molecule has 4 heteroatoms. The first kappa shape index (κ1) is 16.0. The van der Waals surface area contributed by atoms with Gasteiger partial charge in [0.05, 0.1) is 5.41 Å². The predicted molar refractivity (Wildman–Crippen MR) is 74.9 cm³/mol. The smallest absolute Gasteiger partial charge is 0.310 e. The van der Waals surface area contributed by atoms with Crippen LogP contribution < -0.4 is 5.32 Å². The van der Waals surface area contributed by atoms with Gasteiger partial charge in [0, 0.05) is 13.0 Å². The molecule has 0 aliphatic heterocycles. The summed E-state index contributed by atoms with van der Waals surface area (Å²) in [6, 6.07) is 0. The maximum Gasteiger partial charge on any atom is 0.310 e. The van der Waals surface area contributed by atoms with E-state index in [1.54, 1.807) is 0 Å². The lowest BCUT2D eigenvalue weighted by Gasteiger charge is -2.27. The summed E-state index contributed by atoms with van der Waals surface area (Å²) in [7, 11) is 0. The van der Waals surface area contributed by atoms with Crippen molar-refractivity contribution in [2.24, 2.45) is 11.3 Å². The SMILES string of the molecule is CCC(C)CNC(=O)CC1(C(=O)O)CCCCCC1. The van der Waals surface area contributed by atoms with E-state index in [1.165, 1.54) is 0 Å². The molecule has 0 bridgehead atoms. The molecule has 1 aliphatic carbocycles. The van der Waals surface area contributed by atoms with Gasteiger partial charge in [-0.15, -0.1) is 0 Å². The number of carbonyl (C=O) groups is 2. The third-order valence-corrected chi connectivity index (χ3v) is 4.36. The first-order chi connectivity index (χ1) is 9.00. The Labute approximate surface area is 116 Å². The van der Waals surface area contributed by atoms with E-state index in [2.05, 4.69) is 19.2 Å². The van der Waals surface area contributed by atoms with E-state index in [1.807, 2.05) is 0 Å². The van der Waals surface area contributed by atoms with Gasteiger partial charge in [-0.2, -0.15) is 0 Å². The summed E-state index contributed by atoms with van der Waals surface area (Å²) in [6.45, 7) is 4.81. The molecule has 1 rings (SSSR count). The molecule has 2 N–H and O–H groups in total. The average molecular weight is 269 g/mol. The van der Waals surface area contributed by atoms with Gasteiger partial charge in [-0.1, -0.05) is 46.0 Å². The molecule has 1 aliphatic rings. The van der Waals surface area contributed by atoms with Crippen molar-refractivity contribution < 1.29 is 14.7 Å². The third kappa shape index (κ3) is 4.84. The summed E-state index contributed by atoms with van der Waals surface area (Å²) in [6.07, 6.45) is 6.45. The van der Waals surface area contributed by atoms with Gasteiger partial charge < -0.3 is 10.4 Å². The highest BCUT2D eigenvalue weighted by atomic mass is 16.4. The molecule has 0 aromatic rings. The van der Waals surface area contributed by atoms with Gasteiger partial charge in [0.2, 0.25) is 5.91 Å². The highest BCUT2D eigenvalue weighted by Gasteiger charge is 2.40. The lowest BCUT2D eigenvalue weighted by Crippen LogP contribution is -2.38. The quantitative estimate of drug-likeness (QED) is 0.728. The topological polar surface area (TPSA) is 66.4 Å². The van der Waals surface area contributed by atoms with Crippen LogP contribution in [-0.2, 0) is 9.59 Å². The molecule has 0 heterocycles. The van der Waals surface area contributed by atoms with Crippen LogP contribution in [0.25, 0.3) is 0 Å². The molecule has 0 spiro atoms. The van der Waals surface area contributed by atoms with Crippen LogP contribution in [-0.4, -0.2) is 23.5 Å². The van der Waals surface area contributed by atoms with Crippen molar-refractivity contribution >= 4 is 11.9 Å². The molecule has 0 saturated heterocycles. The van der Waals surface area contributed by atoms with Crippen molar-refractivity contribution in [3.8, 4) is 0 Å². The largest absolute Gasteiger partial charge is 0.481 e. The second-order valence-corrected chi connectivity index (χ2v) is 5.99. The fourth-order valence-corrected chi connectivity index (χ4v) is 2.67. The number of amides is 1. The molecule has 0 aromatic heterocycles. The van der Waals surface area contributed by atoms with Crippen molar-refractivity contribution in [2.75, 3.05) is 6.54 Å². The number of aliphatic carboxylic acids is 1. The van der Waals surface area contributed by atoms with Crippen LogP contribution in [0.15, 0.2) is 0 Å². The molecule has 0 aromatic carbocycles.